The summed E-state index contributed by atoms with van der Waals surface area (Å²) >= 11 is 1.55. The normalized spacial score (nSPS) is 12.2. The molecule has 5 nitrogen and oxygen atoms in total. The number of carbonyl (C=O) groups is 1. The van der Waals surface area contributed by atoms with Gasteiger partial charge in [-0.25, -0.2) is 4.98 Å². The van der Waals surface area contributed by atoms with Crippen LogP contribution in [0.25, 0.3) is 11.5 Å². The maximum absolute atomic E-state index is 12.0. The van der Waals surface area contributed by atoms with Crippen LogP contribution in [0, 0.1) is 5.92 Å². The van der Waals surface area contributed by atoms with Crippen LogP contribution in [0.3, 0.4) is 0 Å². The van der Waals surface area contributed by atoms with Gasteiger partial charge in [0.1, 0.15) is 12.0 Å². The molecule has 0 aliphatic rings. The minimum absolute atomic E-state index is 0.0626. The Morgan fingerprint density at radius 3 is 2.62 bits per heavy atom. The molecule has 0 aliphatic heterocycles. The monoisotopic (exact) mass is 348 g/mol. The van der Waals surface area contributed by atoms with Gasteiger partial charge in [0, 0.05) is 17.9 Å². The first-order chi connectivity index (χ1) is 11.5. The Hall–Kier alpha value is -1.95. The minimum Gasteiger partial charge on any atom is -0.497 e. The van der Waals surface area contributed by atoms with E-state index in [-0.39, 0.29) is 11.2 Å². The maximum Gasteiger partial charge on any atom is 0.232 e. The van der Waals surface area contributed by atoms with E-state index in [1.807, 2.05) is 31.2 Å². The molecule has 1 aromatic carbocycles. The topological polar surface area (TPSA) is 64.4 Å². The van der Waals surface area contributed by atoms with Crippen LogP contribution in [0.1, 0.15) is 26.5 Å². The summed E-state index contributed by atoms with van der Waals surface area (Å²) in [5.74, 6) is 2.52. The quantitative estimate of drug-likeness (QED) is 0.787. The molecule has 6 heteroatoms. The van der Waals surface area contributed by atoms with Crippen molar-refractivity contribution in [3.63, 3.8) is 0 Å². The third-order valence-electron chi connectivity index (χ3n) is 3.42. The number of carbonyl (C=O) groups excluding carboxylic acids is 1. The predicted octanol–water partition coefficient (Wildman–Crippen LogP) is 3.74. The zero-order valence-electron chi connectivity index (χ0n) is 14.5. The number of thioether (sulfide) groups is 1. The van der Waals surface area contributed by atoms with Gasteiger partial charge in [-0.1, -0.05) is 13.8 Å². The highest BCUT2D eigenvalue weighted by molar-refractivity contribution is 7.99. The van der Waals surface area contributed by atoms with E-state index >= 15 is 0 Å². The Morgan fingerprint density at radius 2 is 2.00 bits per heavy atom. The van der Waals surface area contributed by atoms with Gasteiger partial charge in [0.05, 0.1) is 18.1 Å². The smallest absolute Gasteiger partial charge is 0.232 e. The van der Waals surface area contributed by atoms with Gasteiger partial charge in [-0.3, -0.25) is 4.79 Å². The van der Waals surface area contributed by atoms with Crippen molar-refractivity contribution < 1.29 is 13.9 Å². The maximum atomic E-state index is 12.0. The fourth-order valence-electron chi connectivity index (χ4n) is 1.97. The van der Waals surface area contributed by atoms with Gasteiger partial charge >= 0.3 is 0 Å². The summed E-state index contributed by atoms with van der Waals surface area (Å²) in [5.41, 5.74) is 1.73. The Bertz CT molecular complexity index is 653. The van der Waals surface area contributed by atoms with Crippen LogP contribution in [0.15, 0.2) is 34.9 Å². The predicted molar refractivity (Wildman–Crippen MR) is 97.1 cm³/mol. The summed E-state index contributed by atoms with van der Waals surface area (Å²) in [7, 11) is 1.63. The molecule has 130 valence electrons. The number of ether oxygens (including phenoxy) is 1. The van der Waals surface area contributed by atoms with Gasteiger partial charge in [-0.2, -0.15) is 0 Å². The number of benzene rings is 1. The third-order valence-corrected chi connectivity index (χ3v) is 4.60. The molecule has 1 amide bonds. The molecule has 2 aromatic rings. The molecule has 2 rings (SSSR count). The molecule has 24 heavy (non-hydrogen) atoms. The summed E-state index contributed by atoms with van der Waals surface area (Å²) in [6.07, 6.45) is 1.64. The van der Waals surface area contributed by atoms with Crippen LogP contribution in [0.5, 0.6) is 5.75 Å². The van der Waals surface area contributed by atoms with Crippen molar-refractivity contribution in [3.8, 4) is 17.2 Å². The first-order valence-electron chi connectivity index (χ1n) is 7.97. The van der Waals surface area contributed by atoms with E-state index < -0.39 is 0 Å². The van der Waals surface area contributed by atoms with Crippen LogP contribution in [0.2, 0.25) is 0 Å². The molecule has 0 spiro atoms. The first kappa shape index (κ1) is 18.4. The lowest BCUT2D eigenvalue weighted by Crippen LogP contribution is -2.33. The van der Waals surface area contributed by atoms with Crippen LogP contribution in [-0.2, 0) is 10.5 Å². The van der Waals surface area contributed by atoms with Crippen molar-refractivity contribution >= 4 is 17.7 Å². The van der Waals surface area contributed by atoms with Crippen molar-refractivity contribution in [3.05, 3.63) is 36.2 Å². The fourth-order valence-corrected chi connectivity index (χ4v) is 2.76. The van der Waals surface area contributed by atoms with E-state index in [2.05, 4.69) is 24.1 Å². The van der Waals surface area contributed by atoms with E-state index in [9.17, 15) is 4.79 Å². The van der Waals surface area contributed by atoms with E-state index in [0.29, 0.717) is 24.1 Å². The third kappa shape index (κ3) is 5.30. The van der Waals surface area contributed by atoms with Gasteiger partial charge in [0.2, 0.25) is 11.8 Å². The number of amides is 1. The lowest BCUT2D eigenvalue weighted by atomic mass is 10.2. The summed E-state index contributed by atoms with van der Waals surface area (Å²) in [5, 5.41) is 2.82. The largest absolute Gasteiger partial charge is 0.497 e. The van der Waals surface area contributed by atoms with Gasteiger partial charge in [-0.05, 0) is 37.1 Å². The van der Waals surface area contributed by atoms with E-state index in [1.165, 1.54) is 0 Å². The second-order valence-corrected chi connectivity index (χ2v) is 7.29. The summed E-state index contributed by atoms with van der Waals surface area (Å²) in [4.78, 5) is 16.4. The zero-order chi connectivity index (χ0) is 17.5. The van der Waals surface area contributed by atoms with Crippen molar-refractivity contribution in [2.75, 3.05) is 13.7 Å². The average Bonchev–Trinajstić information content (AvgIpc) is 3.06. The van der Waals surface area contributed by atoms with Crippen LogP contribution in [0.4, 0.5) is 0 Å². The second kappa shape index (κ2) is 8.78. The number of hydrogen-bond donors (Lipinski definition) is 1. The molecule has 1 atom stereocenters. The average molecular weight is 348 g/mol. The minimum atomic E-state index is -0.120. The standard InChI is InChI=1S/C18H24N2O3S/c1-12(2)9-19-17(21)13(3)24-11-15-10-23-18(20-15)14-5-7-16(22-4)8-6-14/h5-8,10,12-13H,9,11H2,1-4H3,(H,19,21)/t13-/m1/s1. The van der Waals surface area contributed by atoms with Crippen LogP contribution < -0.4 is 10.1 Å². The Kier molecular flexibility index (Phi) is 6.73. The number of oxazole rings is 1. The van der Waals surface area contributed by atoms with Gasteiger partial charge in [-0.15, -0.1) is 11.8 Å². The molecule has 1 heterocycles. The van der Waals surface area contributed by atoms with Gasteiger partial charge < -0.3 is 14.5 Å². The summed E-state index contributed by atoms with van der Waals surface area (Å²) in [6.45, 7) is 6.77. The number of rotatable bonds is 8. The van der Waals surface area contributed by atoms with E-state index in [0.717, 1.165) is 17.0 Å². The Labute approximate surface area is 147 Å². The molecule has 0 saturated heterocycles. The molecule has 0 radical (unpaired) electrons. The lowest BCUT2D eigenvalue weighted by molar-refractivity contribution is -0.120. The number of nitrogens with zero attached hydrogens (tertiary/aromatic N) is 1. The first-order valence-corrected chi connectivity index (χ1v) is 9.02. The number of aromatic nitrogens is 1. The zero-order valence-corrected chi connectivity index (χ0v) is 15.4. The second-order valence-electron chi connectivity index (χ2n) is 5.96. The molecule has 0 fully saturated rings. The Balaban J connectivity index is 1.88. The van der Waals surface area contributed by atoms with Crippen molar-refractivity contribution in [1.82, 2.24) is 10.3 Å². The highest BCUT2D eigenvalue weighted by Crippen LogP contribution is 2.24. The molecule has 0 unspecified atom stereocenters. The number of nitrogens with one attached hydrogen (secondary N) is 1. The van der Waals surface area contributed by atoms with Crippen LogP contribution >= 0.6 is 11.8 Å². The molecular formula is C18H24N2O3S. The highest BCUT2D eigenvalue weighted by Gasteiger charge is 2.15. The van der Waals surface area contributed by atoms with Crippen LogP contribution in [-0.4, -0.2) is 29.8 Å². The Morgan fingerprint density at radius 1 is 1.29 bits per heavy atom. The molecule has 0 bridgehead atoms. The summed E-state index contributed by atoms with van der Waals surface area (Å²) < 4.78 is 10.7. The number of methoxy groups -OCH3 is 1. The van der Waals surface area contributed by atoms with Crippen molar-refractivity contribution in [1.29, 1.82) is 0 Å². The SMILES string of the molecule is COc1ccc(-c2nc(CS[C@H](C)C(=O)NCC(C)C)co2)cc1. The van der Waals surface area contributed by atoms with Crippen molar-refractivity contribution in [2.24, 2.45) is 5.92 Å². The van der Waals surface area contributed by atoms with Crippen molar-refractivity contribution in [2.45, 2.75) is 31.8 Å². The lowest BCUT2D eigenvalue weighted by Gasteiger charge is -2.12. The van der Waals surface area contributed by atoms with E-state index in [1.54, 1.807) is 25.1 Å². The molecular weight excluding hydrogens is 324 g/mol. The molecule has 1 N–H and O–H groups in total. The fraction of sp³-hybridized carbons (Fsp3) is 0.444. The molecule has 0 saturated carbocycles. The van der Waals surface area contributed by atoms with Gasteiger partial charge in [0.25, 0.3) is 0 Å². The van der Waals surface area contributed by atoms with E-state index in [4.69, 9.17) is 9.15 Å². The number of hydrogen-bond acceptors (Lipinski definition) is 5. The highest BCUT2D eigenvalue weighted by atomic mass is 32.2. The molecule has 1 aromatic heterocycles. The van der Waals surface area contributed by atoms with Gasteiger partial charge in [0.15, 0.2) is 0 Å². The summed E-state index contributed by atoms with van der Waals surface area (Å²) in [6, 6.07) is 7.55. The molecule has 0 aliphatic carbocycles.